The van der Waals surface area contributed by atoms with Gasteiger partial charge in [-0.05, 0) is 26.1 Å². The van der Waals surface area contributed by atoms with Crippen molar-refractivity contribution >= 4 is 0 Å². The maximum atomic E-state index is 13.2. The van der Waals surface area contributed by atoms with E-state index in [1.54, 1.807) is 14.0 Å². The van der Waals surface area contributed by atoms with Crippen molar-refractivity contribution in [1.82, 2.24) is 5.32 Å². The Morgan fingerprint density at radius 3 is 2.62 bits per heavy atom. The number of benzene rings is 1. The predicted octanol–water partition coefficient (Wildman–Crippen LogP) is 1.31. The van der Waals surface area contributed by atoms with Gasteiger partial charge in [0, 0.05) is 6.07 Å². The van der Waals surface area contributed by atoms with E-state index in [2.05, 4.69) is 5.32 Å². The van der Waals surface area contributed by atoms with Gasteiger partial charge in [0.15, 0.2) is 11.6 Å². The molecule has 1 unspecified atom stereocenters. The van der Waals surface area contributed by atoms with Gasteiger partial charge in [-0.1, -0.05) is 0 Å². The first-order valence-corrected chi connectivity index (χ1v) is 4.88. The van der Waals surface area contributed by atoms with E-state index in [0.717, 1.165) is 12.1 Å². The van der Waals surface area contributed by atoms with Crippen molar-refractivity contribution in [2.24, 2.45) is 0 Å². The lowest BCUT2D eigenvalue weighted by Crippen LogP contribution is -2.48. The van der Waals surface area contributed by atoms with Gasteiger partial charge in [-0.15, -0.1) is 0 Å². The SMILES string of the molecule is CNC(C)(CO)COc1ccc(F)cc1F. The highest BCUT2D eigenvalue weighted by Gasteiger charge is 2.22. The van der Waals surface area contributed by atoms with Crippen molar-refractivity contribution < 1.29 is 18.6 Å². The molecule has 2 N–H and O–H groups in total. The van der Waals surface area contributed by atoms with Crippen molar-refractivity contribution in [3.05, 3.63) is 29.8 Å². The largest absolute Gasteiger partial charge is 0.489 e. The molecule has 1 rings (SSSR count). The van der Waals surface area contributed by atoms with Crippen LogP contribution in [0.2, 0.25) is 0 Å². The Hall–Kier alpha value is -1.20. The van der Waals surface area contributed by atoms with E-state index in [1.807, 2.05) is 0 Å². The second-order valence-electron chi connectivity index (χ2n) is 3.83. The zero-order valence-corrected chi connectivity index (χ0v) is 9.26. The second-order valence-corrected chi connectivity index (χ2v) is 3.83. The molecule has 1 aromatic rings. The van der Waals surface area contributed by atoms with Crippen molar-refractivity contribution in [1.29, 1.82) is 0 Å². The minimum atomic E-state index is -0.753. The molecule has 0 saturated heterocycles. The van der Waals surface area contributed by atoms with E-state index in [-0.39, 0.29) is 19.0 Å². The monoisotopic (exact) mass is 231 g/mol. The summed E-state index contributed by atoms with van der Waals surface area (Å²) in [5.41, 5.74) is -0.652. The van der Waals surface area contributed by atoms with Crippen LogP contribution >= 0.6 is 0 Å². The molecule has 0 aliphatic carbocycles. The maximum absolute atomic E-state index is 13.2. The van der Waals surface area contributed by atoms with E-state index in [9.17, 15) is 8.78 Å². The lowest BCUT2D eigenvalue weighted by molar-refractivity contribution is 0.120. The van der Waals surface area contributed by atoms with Crippen LogP contribution in [0.15, 0.2) is 18.2 Å². The van der Waals surface area contributed by atoms with Crippen LogP contribution in [0, 0.1) is 11.6 Å². The fourth-order valence-electron chi connectivity index (χ4n) is 1.03. The smallest absolute Gasteiger partial charge is 0.167 e. The van der Waals surface area contributed by atoms with E-state index in [0.29, 0.717) is 0 Å². The average Bonchev–Trinajstić information content (AvgIpc) is 2.27. The van der Waals surface area contributed by atoms with Gasteiger partial charge in [0.2, 0.25) is 0 Å². The third-order valence-corrected chi connectivity index (χ3v) is 2.39. The highest BCUT2D eigenvalue weighted by molar-refractivity contribution is 5.24. The molecule has 0 aliphatic heterocycles. The molecular weight excluding hydrogens is 216 g/mol. The quantitative estimate of drug-likeness (QED) is 0.803. The van der Waals surface area contributed by atoms with E-state index in [4.69, 9.17) is 9.84 Å². The van der Waals surface area contributed by atoms with Crippen LogP contribution in [0.5, 0.6) is 5.75 Å². The Bertz CT molecular complexity index is 354. The summed E-state index contributed by atoms with van der Waals surface area (Å²) in [6, 6.07) is 3.09. The van der Waals surface area contributed by atoms with Crippen LogP contribution in [0.25, 0.3) is 0 Å². The Balaban J connectivity index is 2.67. The topological polar surface area (TPSA) is 41.5 Å². The minimum Gasteiger partial charge on any atom is -0.489 e. The van der Waals surface area contributed by atoms with Crippen molar-refractivity contribution in [3.8, 4) is 5.75 Å². The summed E-state index contributed by atoms with van der Waals surface area (Å²) < 4.78 is 31.0. The van der Waals surface area contributed by atoms with Crippen LogP contribution in [-0.4, -0.2) is 30.9 Å². The van der Waals surface area contributed by atoms with Gasteiger partial charge in [-0.25, -0.2) is 8.78 Å². The molecule has 1 atom stereocenters. The summed E-state index contributed by atoms with van der Waals surface area (Å²) in [7, 11) is 1.67. The fraction of sp³-hybridized carbons (Fsp3) is 0.455. The first-order chi connectivity index (χ1) is 7.50. The highest BCUT2D eigenvalue weighted by atomic mass is 19.1. The first kappa shape index (κ1) is 12.9. The van der Waals surface area contributed by atoms with Gasteiger partial charge in [-0.2, -0.15) is 0 Å². The summed E-state index contributed by atoms with van der Waals surface area (Å²) >= 11 is 0. The molecule has 0 aromatic heterocycles. The summed E-state index contributed by atoms with van der Waals surface area (Å²) in [5.74, 6) is -1.43. The van der Waals surface area contributed by atoms with Gasteiger partial charge in [0.05, 0.1) is 12.1 Å². The average molecular weight is 231 g/mol. The van der Waals surface area contributed by atoms with Gasteiger partial charge in [-0.3, -0.25) is 0 Å². The number of rotatable bonds is 5. The number of ether oxygens (including phenoxy) is 1. The normalized spacial score (nSPS) is 14.6. The molecule has 0 saturated carbocycles. The standard InChI is InChI=1S/C11H15F2NO2/c1-11(6-15,14-2)7-16-10-4-3-8(12)5-9(10)13/h3-5,14-15H,6-7H2,1-2H3. The van der Waals surface area contributed by atoms with Crippen LogP contribution in [0.3, 0.4) is 0 Å². The molecule has 0 amide bonds. The number of aliphatic hydroxyl groups is 1. The molecule has 0 aliphatic rings. The number of aliphatic hydroxyl groups excluding tert-OH is 1. The maximum Gasteiger partial charge on any atom is 0.167 e. The highest BCUT2D eigenvalue weighted by Crippen LogP contribution is 2.18. The van der Waals surface area contributed by atoms with Crippen molar-refractivity contribution in [2.45, 2.75) is 12.5 Å². The lowest BCUT2D eigenvalue weighted by atomic mass is 10.1. The zero-order valence-electron chi connectivity index (χ0n) is 9.26. The molecule has 0 bridgehead atoms. The number of hydrogen-bond acceptors (Lipinski definition) is 3. The molecule has 90 valence electrons. The predicted molar refractivity (Wildman–Crippen MR) is 56.4 cm³/mol. The van der Waals surface area contributed by atoms with Crippen molar-refractivity contribution in [3.63, 3.8) is 0 Å². The fourth-order valence-corrected chi connectivity index (χ4v) is 1.03. The molecule has 0 radical (unpaired) electrons. The number of nitrogens with one attached hydrogen (secondary N) is 1. The second kappa shape index (κ2) is 5.23. The van der Waals surface area contributed by atoms with Gasteiger partial charge in [0.25, 0.3) is 0 Å². The van der Waals surface area contributed by atoms with Crippen molar-refractivity contribution in [2.75, 3.05) is 20.3 Å². The molecular formula is C11H15F2NO2. The summed E-state index contributed by atoms with van der Waals surface area (Å²) in [4.78, 5) is 0. The molecule has 0 heterocycles. The van der Waals surface area contributed by atoms with Crippen LogP contribution in [0.4, 0.5) is 8.78 Å². The molecule has 16 heavy (non-hydrogen) atoms. The number of likely N-dealkylation sites (N-methyl/N-ethyl adjacent to an activating group) is 1. The third-order valence-electron chi connectivity index (χ3n) is 2.39. The third kappa shape index (κ3) is 3.15. The van der Waals surface area contributed by atoms with Crippen LogP contribution in [-0.2, 0) is 0 Å². The number of halogens is 2. The summed E-state index contributed by atoms with van der Waals surface area (Å²) in [6.07, 6.45) is 0. The molecule has 0 spiro atoms. The molecule has 3 nitrogen and oxygen atoms in total. The zero-order chi connectivity index (χ0) is 12.2. The molecule has 0 fully saturated rings. The summed E-state index contributed by atoms with van der Waals surface area (Å²) in [5, 5.41) is 11.9. The van der Waals surface area contributed by atoms with Gasteiger partial charge in [0.1, 0.15) is 12.4 Å². The molecule has 1 aromatic carbocycles. The summed E-state index contributed by atoms with van der Waals surface area (Å²) in [6.45, 7) is 1.67. The van der Waals surface area contributed by atoms with E-state index in [1.165, 1.54) is 6.07 Å². The minimum absolute atomic E-state index is 0.0312. The Morgan fingerprint density at radius 1 is 1.44 bits per heavy atom. The number of hydrogen-bond donors (Lipinski definition) is 2. The van der Waals surface area contributed by atoms with Gasteiger partial charge >= 0.3 is 0 Å². The van der Waals surface area contributed by atoms with E-state index >= 15 is 0 Å². The van der Waals surface area contributed by atoms with E-state index < -0.39 is 17.2 Å². The molecule has 5 heteroatoms. The Labute approximate surface area is 93.0 Å². The van der Waals surface area contributed by atoms with Gasteiger partial charge < -0.3 is 15.2 Å². The lowest BCUT2D eigenvalue weighted by Gasteiger charge is -2.26. The van der Waals surface area contributed by atoms with Crippen LogP contribution in [0.1, 0.15) is 6.92 Å². The Kier molecular flexibility index (Phi) is 4.20. The van der Waals surface area contributed by atoms with Crippen LogP contribution < -0.4 is 10.1 Å². The Morgan fingerprint density at radius 2 is 2.12 bits per heavy atom. The first-order valence-electron chi connectivity index (χ1n) is 4.88.